The maximum absolute atomic E-state index is 4.44. The summed E-state index contributed by atoms with van der Waals surface area (Å²) >= 11 is 1.79. The summed E-state index contributed by atoms with van der Waals surface area (Å²) in [5.41, 5.74) is 2.27. The summed E-state index contributed by atoms with van der Waals surface area (Å²) < 4.78 is 1.99. The fraction of sp³-hybridized carbons (Fsp3) is 0.294. The molecule has 4 nitrogen and oxygen atoms in total. The smallest absolute Gasteiger partial charge is 0.165 e. The SMILES string of the molecule is c1ccc(-c2cnc(SCCCCCn3cccn3)[nH]2)cc1. The highest BCUT2D eigenvalue weighted by atomic mass is 32.2. The predicted octanol–water partition coefficient (Wildman–Crippen LogP) is 4.24. The molecule has 0 aliphatic carbocycles. The van der Waals surface area contributed by atoms with Crippen molar-refractivity contribution in [2.45, 2.75) is 31.0 Å². The number of nitrogens with one attached hydrogen (secondary N) is 1. The molecular weight excluding hydrogens is 292 g/mol. The molecule has 0 saturated carbocycles. The summed E-state index contributed by atoms with van der Waals surface area (Å²) in [7, 11) is 0. The van der Waals surface area contributed by atoms with E-state index in [1.54, 1.807) is 11.8 Å². The van der Waals surface area contributed by atoms with Crippen LogP contribution < -0.4 is 0 Å². The van der Waals surface area contributed by atoms with Gasteiger partial charge < -0.3 is 4.98 Å². The van der Waals surface area contributed by atoms with Gasteiger partial charge in [-0.25, -0.2) is 4.98 Å². The van der Waals surface area contributed by atoms with Crippen LogP contribution in [0.4, 0.5) is 0 Å². The number of rotatable bonds is 8. The molecule has 0 amide bonds. The Morgan fingerprint density at radius 3 is 2.77 bits per heavy atom. The molecule has 0 fully saturated rings. The Balaban J connectivity index is 1.36. The van der Waals surface area contributed by atoms with Crippen LogP contribution in [-0.4, -0.2) is 25.5 Å². The highest BCUT2D eigenvalue weighted by Crippen LogP contribution is 2.22. The lowest BCUT2D eigenvalue weighted by Gasteiger charge is -2.01. The van der Waals surface area contributed by atoms with Crippen molar-refractivity contribution in [3.63, 3.8) is 0 Å². The maximum atomic E-state index is 4.44. The third kappa shape index (κ3) is 4.24. The molecule has 0 atom stereocenters. The molecule has 3 rings (SSSR count). The normalized spacial score (nSPS) is 10.9. The number of nitrogens with zero attached hydrogens (tertiary/aromatic N) is 3. The molecule has 22 heavy (non-hydrogen) atoms. The number of aromatic nitrogens is 4. The zero-order valence-corrected chi connectivity index (χ0v) is 13.3. The van der Waals surface area contributed by atoms with E-state index in [-0.39, 0.29) is 0 Å². The first kappa shape index (κ1) is 14.9. The summed E-state index contributed by atoms with van der Waals surface area (Å²) in [6, 6.07) is 12.3. The Morgan fingerprint density at radius 1 is 1.05 bits per heavy atom. The second-order valence-corrected chi connectivity index (χ2v) is 6.23. The lowest BCUT2D eigenvalue weighted by Crippen LogP contribution is -1.98. The lowest BCUT2D eigenvalue weighted by molar-refractivity contribution is 0.554. The van der Waals surface area contributed by atoms with E-state index in [0.717, 1.165) is 23.1 Å². The Hall–Kier alpha value is -2.01. The third-order valence-corrected chi connectivity index (χ3v) is 4.44. The van der Waals surface area contributed by atoms with Crippen LogP contribution in [-0.2, 0) is 6.54 Å². The fourth-order valence-corrected chi connectivity index (χ4v) is 3.15. The second kappa shape index (κ2) is 7.84. The van der Waals surface area contributed by atoms with Gasteiger partial charge in [-0.1, -0.05) is 48.5 Å². The number of thioether (sulfide) groups is 1. The molecule has 0 spiro atoms. The molecule has 0 radical (unpaired) electrons. The molecule has 0 saturated heterocycles. The van der Waals surface area contributed by atoms with Crippen molar-refractivity contribution >= 4 is 11.8 Å². The first-order chi connectivity index (χ1) is 10.9. The first-order valence-electron chi connectivity index (χ1n) is 7.62. The van der Waals surface area contributed by atoms with Crippen molar-refractivity contribution in [2.24, 2.45) is 0 Å². The zero-order chi connectivity index (χ0) is 15.0. The van der Waals surface area contributed by atoms with Crippen LogP contribution in [0.5, 0.6) is 0 Å². The van der Waals surface area contributed by atoms with E-state index >= 15 is 0 Å². The standard InChI is InChI=1S/C17H20N4S/c1-3-8-15(9-4-1)16-14-18-17(20-16)22-13-6-2-5-11-21-12-7-10-19-21/h1,3-4,7-10,12,14H,2,5-6,11,13H2,(H,18,20). The van der Waals surface area contributed by atoms with Crippen LogP contribution in [0.1, 0.15) is 19.3 Å². The number of imidazole rings is 1. The zero-order valence-electron chi connectivity index (χ0n) is 12.5. The number of benzene rings is 1. The van der Waals surface area contributed by atoms with Crippen molar-refractivity contribution < 1.29 is 0 Å². The summed E-state index contributed by atoms with van der Waals surface area (Å²) in [5.74, 6) is 1.10. The average Bonchev–Trinajstić information content (AvgIpc) is 3.23. The number of hydrogen-bond acceptors (Lipinski definition) is 3. The van der Waals surface area contributed by atoms with Gasteiger partial charge in [-0.3, -0.25) is 4.68 Å². The fourth-order valence-electron chi connectivity index (χ4n) is 2.29. The highest BCUT2D eigenvalue weighted by molar-refractivity contribution is 7.99. The minimum absolute atomic E-state index is 1.01. The van der Waals surface area contributed by atoms with Gasteiger partial charge in [0.05, 0.1) is 11.9 Å². The number of aromatic amines is 1. The van der Waals surface area contributed by atoms with Gasteiger partial charge in [0.25, 0.3) is 0 Å². The van der Waals surface area contributed by atoms with E-state index in [0.29, 0.717) is 0 Å². The third-order valence-electron chi connectivity index (χ3n) is 3.47. The van der Waals surface area contributed by atoms with Crippen LogP contribution in [0, 0.1) is 0 Å². The molecule has 114 valence electrons. The highest BCUT2D eigenvalue weighted by Gasteiger charge is 2.03. The molecule has 0 unspecified atom stereocenters. The van der Waals surface area contributed by atoms with Gasteiger partial charge in [0, 0.05) is 24.7 Å². The summed E-state index contributed by atoms with van der Waals surface area (Å²) in [6.45, 7) is 1.01. The summed E-state index contributed by atoms with van der Waals surface area (Å²) in [6.07, 6.45) is 9.36. The molecule has 0 aliphatic heterocycles. The van der Waals surface area contributed by atoms with Crippen LogP contribution in [0.3, 0.4) is 0 Å². The minimum atomic E-state index is 1.01. The molecule has 0 bridgehead atoms. The Morgan fingerprint density at radius 2 is 1.95 bits per heavy atom. The quantitative estimate of drug-likeness (QED) is 0.500. The van der Waals surface area contributed by atoms with Gasteiger partial charge in [0.1, 0.15) is 0 Å². The second-order valence-electron chi connectivity index (χ2n) is 5.15. The Bertz CT molecular complexity index is 661. The van der Waals surface area contributed by atoms with Crippen molar-refractivity contribution in [3.05, 3.63) is 55.0 Å². The summed E-state index contributed by atoms with van der Waals surface area (Å²) in [4.78, 5) is 7.82. The van der Waals surface area contributed by atoms with Gasteiger partial charge in [-0.2, -0.15) is 5.10 Å². The lowest BCUT2D eigenvalue weighted by atomic mass is 10.2. The van der Waals surface area contributed by atoms with E-state index in [4.69, 9.17) is 0 Å². The van der Waals surface area contributed by atoms with Crippen molar-refractivity contribution in [1.82, 2.24) is 19.7 Å². The van der Waals surface area contributed by atoms with Gasteiger partial charge in [-0.15, -0.1) is 0 Å². The Labute approximate surface area is 135 Å². The topological polar surface area (TPSA) is 46.5 Å². The van der Waals surface area contributed by atoms with Gasteiger partial charge in [0.2, 0.25) is 0 Å². The molecule has 1 aromatic carbocycles. The van der Waals surface area contributed by atoms with Gasteiger partial charge in [0.15, 0.2) is 5.16 Å². The monoisotopic (exact) mass is 312 g/mol. The van der Waals surface area contributed by atoms with Crippen LogP contribution >= 0.6 is 11.8 Å². The van der Waals surface area contributed by atoms with Crippen LogP contribution in [0.15, 0.2) is 60.1 Å². The van der Waals surface area contributed by atoms with E-state index in [2.05, 4.69) is 27.2 Å². The van der Waals surface area contributed by atoms with Crippen molar-refractivity contribution in [3.8, 4) is 11.3 Å². The summed E-state index contributed by atoms with van der Waals surface area (Å²) in [5, 5.41) is 5.22. The molecule has 3 aromatic rings. The van der Waals surface area contributed by atoms with Crippen molar-refractivity contribution in [1.29, 1.82) is 0 Å². The van der Waals surface area contributed by atoms with Crippen molar-refractivity contribution in [2.75, 3.05) is 5.75 Å². The first-order valence-corrected chi connectivity index (χ1v) is 8.61. The molecule has 2 heterocycles. The van der Waals surface area contributed by atoms with Gasteiger partial charge >= 0.3 is 0 Å². The number of aryl methyl sites for hydroxylation is 1. The number of hydrogen-bond donors (Lipinski definition) is 1. The Kier molecular flexibility index (Phi) is 5.32. The molecule has 2 aromatic heterocycles. The maximum Gasteiger partial charge on any atom is 0.165 e. The predicted molar refractivity (Wildman–Crippen MR) is 90.8 cm³/mol. The van der Waals surface area contributed by atoms with Gasteiger partial charge in [-0.05, 0) is 24.5 Å². The molecular formula is C17H20N4S. The van der Waals surface area contributed by atoms with E-state index in [1.807, 2.05) is 47.5 Å². The molecule has 1 N–H and O–H groups in total. The molecule has 0 aliphatic rings. The molecule has 5 heteroatoms. The number of unbranched alkanes of at least 4 members (excludes halogenated alkanes) is 2. The van der Waals surface area contributed by atoms with Crippen LogP contribution in [0.25, 0.3) is 11.3 Å². The minimum Gasteiger partial charge on any atom is -0.333 e. The van der Waals surface area contributed by atoms with Crippen LogP contribution in [0.2, 0.25) is 0 Å². The number of H-pyrrole nitrogens is 1. The average molecular weight is 312 g/mol. The largest absolute Gasteiger partial charge is 0.333 e. The van der Waals surface area contributed by atoms with E-state index in [1.165, 1.54) is 24.8 Å². The van der Waals surface area contributed by atoms with E-state index in [9.17, 15) is 0 Å². The van der Waals surface area contributed by atoms with E-state index < -0.39 is 0 Å².